The summed E-state index contributed by atoms with van der Waals surface area (Å²) in [6.45, 7) is 2.73. The molecule has 118 valence electrons. The molecule has 1 aromatic heterocycles. The first-order valence-electron chi connectivity index (χ1n) is 7.29. The van der Waals surface area contributed by atoms with E-state index < -0.39 is 10.0 Å². The highest BCUT2D eigenvalue weighted by atomic mass is 79.9. The van der Waals surface area contributed by atoms with Crippen LogP contribution in [0.1, 0.15) is 39.0 Å². The van der Waals surface area contributed by atoms with Crippen molar-refractivity contribution in [3.63, 3.8) is 0 Å². The minimum atomic E-state index is -3.59. The number of sulfonamides is 1. The van der Waals surface area contributed by atoms with Crippen molar-refractivity contribution in [3.05, 3.63) is 16.7 Å². The number of hydrogen-bond donors (Lipinski definition) is 2. The van der Waals surface area contributed by atoms with Crippen molar-refractivity contribution in [1.82, 2.24) is 9.71 Å². The Balaban J connectivity index is 1.91. The molecule has 1 aliphatic carbocycles. The number of hydrogen-bond acceptors (Lipinski definition) is 4. The van der Waals surface area contributed by atoms with E-state index in [4.69, 9.17) is 5.73 Å². The summed E-state index contributed by atoms with van der Waals surface area (Å²) in [5, 5.41) is 0. The minimum absolute atomic E-state index is 0.0252. The molecule has 0 aliphatic heterocycles. The zero-order valence-corrected chi connectivity index (χ0v) is 14.6. The third-order valence-corrected chi connectivity index (χ3v) is 6.04. The van der Waals surface area contributed by atoms with Crippen molar-refractivity contribution >= 4 is 31.8 Å². The van der Waals surface area contributed by atoms with Crippen LogP contribution in [0.2, 0.25) is 0 Å². The fourth-order valence-electron chi connectivity index (χ4n) is 2.74. The first kappa shape index (κ1) is 16.7. The van der Waals surface area contributed by atoms with Crippen LogP contribution in [0.3, 0.4) is 0 Å². The summed E-state index contributed by atoms with van der Waals surface area (Å²) >= 11 is 3.21. The van der Waals surface area contributed by atoms with Crippen LogP contribution in [-0.2, 0) is 10.0 Å². The molecule has 0 saturated heterocycles. The molecule has 1 saturated carbocycles. The highest BCUT2D eigenvalue weighted by Crippen LogP contribution is 2.30. The molecule has 0 amide bonds. The molecule has 0 unspecified atom stereocenters. The number of nitrogen functional groups attached to an aromatic ring is 1. The van der Waals surface area contributed by atoms with Gasteiger partial charge in [-0.15, -0.1) is 0 Å². The summed E-state index contributed by atoms with van der Waals surface area (Å²) in [6.07, 6.45) is 7.26. The van der Waals surface area contributed by atoms with E-state index in [0.29, 0.717) is 16.9 Å². The number of nitrogens with two attached hydrogens (primary N) is 1. The van der Waals surface area contributed by atoms with E-state index in [-0.39, 0.29) is 10.7 Å². The maximum Gasteiger partial charge on any atom is 0.244 e. The first-order chi connectivity index (χ1) is 9.88. The van der Waals surface area contributed by atoms with Gasteiger partial charge in [0.2, 0.25) is 10.0 Å². The van der Waals surface area contributed by atoms with Gasteiger partial charge in [-0.2, -0.15) is 0 Å². The summed E-state index contributed by atoms with van der Waals surface area (Å²) < 4.78 is 27.7. The van der Waals surface area contributed by atoms with Crippen LogP contribution >= 0.6 is 15.9 Å². The van der Waals surface area contributed by atoms with Crippen molar-refractivity contribution in [1.29, 1.82) is 0 Å². The molecule has 0 atom stereocenters. The second-order valence-electron chi connectivity index (χ2n) is 5.85. The summed E-state index contributed by atoms with van der Waals surface area (Å²) in [5.74, 6) is 1.46. The third kappa shape index (κ3) is 4.66. The van der Waals surface area contributed by atoms with Gasteiger partial charge in [0.25, 0.3) is 0 Å². The number of pyridine rings is 1. The molecule has 1 aromatic rings. The van der Waals surface area contributed by atoms with Crippen molar-refractivity contribution in [2.75, 3.05) is 12.3 Å². The molecule has 0 spiro atoms. The lowest BCUT2D eigenvalue weighted by Gasteiger charge is -2.26. The number of aromatic nitrogens is 1. The fraction of sp³-hybridized carbons (Fsp3) is 0.643. The van der Waals surface area contributed by atoms with Gasteiger partial charge in [-0.25, -0.2) is 18.1 Å². The van der Waals surface area contributed by atoms with Crippen LogP contribution in [0.15, 0.2) is 21.6 Å². The third-order valence-electron chi connectivity index (χ3n) is 4.12. The van der Waals surface area contributed by atoms with Gasteiger partial charge in [0.1, 0.15) is 10.7 Å². The van der Waals surface area contributed by atoms with Crippen molar-refractivity contribution in [3.8, 4) is 0 Å². The molecule has 3 N–H and O–H groups in total. The lowest BCUT2D eigenvalue weighted by molar-refractivity contribution is 0.278. The molecule has 1 aliphatic rings. The smallest absolute Gasteiger partial charge is 0.244 e. The Kier molecular flexibility index (Phi) is 5.62. The summed E-state index contributed by atoms with van der Waals surface area (Å²) in [4.78, 5) is 3.90. The lowest BCUT2D eigenvalue weighted by Crippen LogP contribution is -2.28. The summed E-state index contributed by atoms with van der Waals surface area (Å²) in [7, 11) is -3.59. The Morgan fingerprint density at radius 2 is 2.05 bits per heavy atom. The molecule has 7 heteroatoms. The van der Waals surface area contributed by atoms with Crippen LogP contribution < -0.4 is 10.5 Å². The predicted octanol–water partition coefficient (Wildman–Crippen LogP) is 2.92. The SMILES string of the molecule is CC1CCC(CCNS(=O)(=O)c2cc(Br)cnc2N)CC1. The number of rotatable bonds is 5. The second kappa shape index (κ2) is 7.07. The Labute approximate surface area is 134 Å². The maximum absolute atomic E-state index is 12.2. The van der Waals surface area contributed by atoms with Crippen molar-refractivity contribution in [2.24, 2.45) is 11.8 Å². The van der Waals surface area contributed by atoms with Gasteiger partial charge in [0.15, 0.2) is 0 Å². The molecule has 5 nitrogen and oxygen atoms in total. The molecule has 0 aromatic carbocycles. The quantitative estimate of drug-likeness (QED) is 0.828. The molecule has 0 radical (unpaired) electrons. The van der Waals surface area contributed by atoms with Crippen LogP contribution in [0.4, 0.5) is 5.82 Å². The first-order valence-corrected chi connectivity index (χ1v) is 9.57. The van der Waals surface area contributed by atoms with E-state index in [1.54, 1.807) is 0 Å². The Morgan fingerprint density at radius 1 is 1.38 bits per heavy atom. The number of nitrogens with zero attached hydrogens (tertiary/aromatic N) is 1. The number of halogens is 1. The fourth-order valence-corrected chi connectivity index (χ4v) is 4.37. The van der Waals surface area contributed by atoms with Crippen LogP contribution in [0.5, 0.6) is 0 Å². The zero-order valence-electron chi connectivity index (χ0n) is 12.2. The molecule has 1 heterocycles. The monoisotopic (exact) mass is 375 g/mol. The van der Waals surface area contributed by atoms with E-state index in [1.165, 1.54) is 37.9 Å². The molecule has 21 heavy (non-hydrogen) atoms. The van der Waals surface area contributed by atoms with Crippen LogP contribution in [0.25, 0.3) is 0 Å². The van der Waals surface area contributed by atoms with Gasteiger partial charge in [-0.3, -0.25) is 0 Å². The molecule has 2 rings (SSSR count). The Morgan fingerprint density at radius 3 is 2.71 bits per heavy atom. The van der Waals surface area contributed by atoms with Crippen molar-refractivity contribution in [2.45, 2.75) is 43.9 Å². The maximum atomic E-state index is 12.2. The highest BCUT2D eigenvalue weighted by Gasteiger charge is 2.21. The van der Waals surface area contributed by atoms with E-state index in [9.17, 15) is 8.42 Å². The average molecular weight is 376 g/mol. The average Bonchev–Trinajstić information content (AvgIpc) is 2.43. The minimum Gasteiger partial charge on any atom is -0.383 e. The van der Waals surface area contributed by atoms with Gasteiger partial charge in [0, 0.05) is 17.2 Å². The predicted molar refractivity (Wildman–Crippen MR) is 87.3 cm³/mol. The van der Waals surface area contributed by atoms with E-state index in [1.807, 2.05) is 0 Å². The standard InChI is InChI=1S/C14H22BrN3O2S/c1-10-2-4-11(5-3-10)6-7-18-21(19,20)13-8-12(15)9-17-14(13)16/h8-11,18H,2-7H2,1H3,(H2,16,17). The van der Waals surface area contributed by atoms with Crippen LogP contribution in [0, 0.1) is 11.8 Å². The summed E-state index contributed by atoms with van der Waals surface area (Å²) in [6, 6.07) is 1.48. The van der Waals surface area contributed by atoms with Gasteiger partial charge >= 0.3 is 0 Å². The Hall–Kier alpha value is -0.660. The Bertz CT molecular complexity index is 584. The summed E-state index contributed by atoms with van der Waals surface area (Å²) in [5.41, 5.74) is 5.65. The molecule has 1 fully saturated rings. The normalized spacial score (nSPS) is 23.1. The zero-order chi connectivity index (χ0) is 15.5. The van der Waals surface area contributed by atoms with E-state index >= 15 is 0 Å². The van der Waals surface area contributed by atoms with Gasteiger partial charge in [0.05, 0.1) is 0 Å². The number of nitrogens with one attached hydrogen (secondary N) is 1. The second-order valence-corrected chi connectivity index (χ2v) is 8.50. The van der Waals surface area contributed by atoms with Crippen LogP contribution in [-0.4, -0.2) is 19.9 Å². The van der Waals surface area contributed by atoms with E-state index in [0.717, 1.165) is 12.3 Å². The topological polar surface area (TPSA) is 85.1 Å². The molecular formula is C14H22BrN3O2S. The van der Waals surface area contributed by atoms with Gasteiger partial charge in [-0.1, -0.05) is 32.6 Å². The largest absolute Gasteiger partial charge is 0.383 e. The number of anilines is 1. The molecular weight excluding hydrogens is 354 g/mol. The van der Waals surface area contributed by atoms with Crippen molar-refractivity contribution < 1.29 is 8.42 Å². The van der Waals surface area contributed by atoms with E-state index in [2.05, 4.69) is 32.6 Å². The van der Waals surface area contributed by atoms with Gasteiger partial charge in [-0.05, 0) is 40.3 Å². The highest BCUT2D eigenvalue weighted by molar-refractivity contribution is 9.10. The molecule has 0 bridgehead atoms. The van der Waals surface area contributed by atoms with Gasteiger partial charge < -0.3 is 5.73 Å². The lowest BCUT2D eigenvalue weighted by atomic mass is 9.81.